The average molecular weight is 241 g/mol. The summed E-state index contributed by atoms with van der Waals surface area (Å²) >= 11 is 0. The molecule has 0 saturated carbocycles. The second kappa shape index (κ2) is 4.67. The van der Waals surface area contributed by atoms with Gasteiger partial charge in [0.1, 0.15) is 0 Å². The number of nitrogens with zero attached hydrogens (tertiary/aromatic N) is 2. The topological polar surface area (TPSA) is 42.1 Å². The van der Waals surface area contributed by atoms with E-state index in [1.807, 2.05) is 12.3 Å². The molecule has 1 aromatic heterocycles. The molecular weight excluding hydrogens is 222 g/mol. The van der Waals surface area contributed by atoms with Crippen molar-refractivity contribution in [1.82, 2.24) is 9.88 Å². The van der Waals surface area contributed by atoms with Gasteiger partial charge < -0.3 is 5.73 Å². The summed E-state index contributed by atoms with van der Waals surface area (Å²) in [4.78, 5) is 6.96. The van der Waals surface area contributed by atoms with Crippen LogP contribution in [0.5, 0.6) is 0 Å². The highest BCUT2D eigenvalue weighted by Crippen LogP contribution is 2.22. The second-order valence-corrected chi connectivity index (χ2v) is 5.16. The average Bonchev–Trinajstić information content (AvgIpc) is 2.71. The van der Waals surface area contributed by atoms with Crippen LogP contribution >= 0.6 is 0 Å². The first-order chi connectivity index (χ1) is 8.75. The van der Waals surface area contributed by atoms with Crippen LogP contribution in [0, 0.1) is 0 Å². The summed E-state index contributed by atoms with van der Waals surface area (Å²) in [6.45, 7) is 4.25. The quantitative estimate of drug-likeness (QED) is 0.876. The zero-order chi connectivity index (χ0) is 12.5. The van der Waals surface area contributed by atoms with Crippen LogP contribution in [-0.2, 0) is 6.54 Å². The lowest BCUT2D eigenvalue weighted by atomic mass is 10.1. The Morgan fingerprint density at radius 3 is 2.94 bits per heavy atom. The monoisotopic (exact) mass is 241 g/mol. The molecule has 3 heteroatoms. The zero-order valence-corrected chi connectivity index (χ0v) is 10.7. The van der Waals surface area contributed by atoms with Crippen molar-refractivity contribution in [2.75, 3.05) is 6.54 Å². The van der Waals surface area contributed by atoms with E-state index >= 15 is 0 Å². The minimum atomic E-state index is 0.313. The Labute approximate surface area is 108 Å². The van der Waals surface area contributed by atoms with Crippen molar-refractivity contribution in [3.05, 3.63) is 42.1 Å². The van der Waals surface area contributed by atoms with E-state index in [1.165, 1.54) is 10.9 Å². The van der Waals surface area contributed by atoms with Gasteiger partial charge in [-0.25, -0.2) is 0 Å². The highest BCUT2D eigenvalue weighted by molar-refractivity contribution is 5.81. The van der Waals surface area contributed by atoms with Gasteiger partial charge in [-0.3, -0.25) is 9.88 Å². The van der Waals surface area contributed by atoms with Gasteiger partial charge in [-0.1, -0.05) is 24.3 Å². The molecule has 1 aromatic carbocycles. The maximum absolute atomic E-state index is 6.08. The molecule has 1 fully saturated rings. The fraction of sp³-hybridized carbons (Fsp3) is 0.400. The summed E-state index contributed by atoms with van der Waals surface area (Å²) in [7, 11) is 0. The minimum Gasteiger partial charge on any atom is -0.326 e. The van der Waals surface area contributed by atoms with Crippen molar-refractivity contribution in [2.45, 2.75) is 32.0 Å². The van der Waals surface area contributed by atoms with Crippen molar-refractivity contribution >= 4 is 10.9 Å². The van der Waals surface area contributed by atoms with Crippen LogP contribution in [0.15, 0.2) is 36.5 Å². The van der Waals surface area contributed by atoms with Crippen molar-refractivity contribution in [2.24, 2.45) is 5.73 Å². The van der Waals surface area contributed by atoms with Crippen LogP contribution in [0.2, 0.25) is 0 Å². The first-order valence-electron chi connectivity index (χ1n) is 6.58. The Morgan fingerprint density at radius 1 is 1.33 bits per heavy atom. The van der Waals surface area contributed by atoms with E-state index in [9.17, 15) is 0 Å². The molecule has 1 saturated heterocycles. The summed E-state index contributed by atoms with van der Waals surface area (Å²) in [6, 6.07) is 11.3. The minimum absolute atomic E-state index is 0.313. The molecular formula is C15H19N3. The van der Waals surface area contributed by atoms with E-state index in [1.54, 1.807) is 0 Å². The number of rotatable bonds is 2. The lowest BCUT2D eigenvalue weighted by Gasteiger charge is -2.23. The lowest BCUT2D eigenvalue weighted by molar-refractivity contribution is 0.252. The fourth-order valence-corrected chi connectivity index (χ4v) is 2.77. The van der Waals surface area contributed by atoms with Gasteiger partial charge in [-0.2, -0.15) is 0 Å². The molecule has 18 heavy (non-hydrogen) atoms. The van der Waals surface area contributed by atoms with Gasteiger partial charge in [0.15, 0.2) is 0 Å². The number of hydrogen-bond donors (Lipinski definition) is 1. The molecule has 0 radical (unpaired) electrons. The smallest absolute Gasteiger partial charge is 0.0746 e. The number of fused-ring (bicyclic) bond motifs is 1. The Bertz CT molecular complexity index is 547. The lowest BCUT2D eigenvalue weighted by Crippen LogP contribution is -2.36. The number of para-hydroxylation sites is 1. The van der Waals surface area contributed by atoms with Crippen molar-refractivity contribution in [3.63, 3.8) is 0 Å². The first-order valence-corrected chi connectivity index (χ1v) is 6.58. The van der Waals surface area contributed by atoms with E-state index < -0.39 is 0 Å². The number of likely N-dealkylation sites (tertiary alicyclic amines) is 1. The van der Waals surface area contributed by atoms with Crippen molar-refractivity contribution in [3.8, 4) is 0 Å². The molecule has 0 aliphatic carbocycles. The van der Waals surface area contributed by atoms with Gasteiger partial charge in [0.25, 0.3) is 0 Å². The molecule has 2 heterocycles. The largest absolute Gasteiger partial charge is 0.326 e. The number of aromatic nitrogens is 1. The molecule has 0 spiro atoms. The summed E-state index contributed by atoms with van der Waals surface area (Å²) < 4.78 is 0. The molecule has 3 rings (SSSR count). The SMILES string of the molecule is CC1C(N)CCN1Cc1cccc2cccnc12. The molecule has 2 N–H and O–H groups in total. The van der Waals surface area contributed by atoms with E-state index in [0.29, 0.717) is 12.1 Å². The predicted octanol–water partition coefficient (Wildman–Crippen LogP) is 2.16. The molecule has 94 valence electrons. The third-order valence-electron chi connectivity index (χ3n) is 4.03. The highest BCUT2D eigenvalue weighted by Gasteiger charge is 2.27. The number of pyridine rings is 1. The highest BCUT2D eigenvalue weighted by atomic mass is 15.2. The van der Waals surface area contributed by atoms with Crippen molar-refractivity contribution in [1.29, 1.82) is 0 Å². The van der Waals surface area contributed by atoms with Gasteiger partial charge >= 0.3 is 0 Å². The summed E-state index contributed by atoms with van der Waals surface area (Å²) in [5, 5.41) is 1.21. The maximum Gasteiger partial charge on any atom is 0.0746 e. The summed E-state index contributed by atoms with van der Waals surface area (Å²) in [6.07, 6.45) is 2.96. The summed E-state index contributed by atoms with van der Waals surface area (Å²) in [5.74, 6) is 0. The second-order valence-electron chi connectivity index (χ2n) is 5.16. The number of benzene rings is 1. The normalized spacial score (nSPS) is 24.8. The van der Waals surface area contributed by atoms with Gasteiger partial charge in [0.2, 0.25) is 0 Å². The van der Waals surface area contributed by atoms with Crippen LogP contribution in [-0.4, -0.2) is 28.5 Å². The Morgan fingerprint density at radius 2 is 2.17 bits per heavy atom. The summed E-state index contributed by atoms with van der Waals surface area (Å²) in [5.41, 5.74) is 8.50. The number of nitrogens with two attached hydrogens (primary N) is 1. The molecule has 0 bridgehead atoms. The van der Waals surface area contributed by atoms with Gasteiger partial charge in [-0.05, 0) is 25.0 Å². The first kappa shape index (κ1) is 11.6. The third kappa shape index (κ3) is 2.00. The Hall–Kier alpha value is -1.45. The zero-order valence-electron chi connectivity index (χ0n) is 10.7. The van der Waals surface area contributed by atoms with Crippen molar-refractivity contribution < 1.29 is 0 Å². The molecule has 1 aliphatic heterocycles. The van der Waals surface area contributed by atoms with Crippen LogP contribution in [0.25, 0.3) is 10.9 Å². The Balaban J connectivity index is 1.91. The van der Waals surface area contributed by atoms with Crippen LogP contribution in [0.1, 0.15) is 18.9 Å². The van der Waals surface area contributed by atoms with Crippen LogP contribution in [0.4, 0.5) is 0 Å². The van der Waals surface area contributed by atoms with E-state index in [4.69, 9.17) is 5.73 Å². The van der Waals surface area contributed by atoms with E-state index in [-0.39, 0.29) is 0 Å². The fourth-order valence-electron chi connectivity index (χ4n) is 2.77. The molecule has 2 atom stereocenters. The van der Waals surface area contributed by atoms with Gasteiger partial charge in [-0.15, -0.1) is 0 Å². The standard InChI is InChI=1S/C15H19N3/c1-11-14(16)7-9-18(11)10-13-5-2-4-12-6-3-8-17-15(12)13/h2-6,8,11,14H,7,9-10,16H2,1H3. The predicted molar refractivity (Wildman–Crippen MR) is 74.2 cm³/mol. The molecule has 2 aromatic rings. The third-order valence-corrected chi connectivity index (χ3v) is 4.03. The molecule has 2 unspecified atom stereocenters. The van der Waals surface area contributed by atoms with E-state index in [2.05, 4.69) is 41.1 Å². The van der Waals surface area contributed by atoms with Crippen LogP contribution < -0.4 is 5.73 Å². The molecule has 0 amide bonds. The molecule has 3 nitrogen and oxygen atoms in total. The number of hydrogen-bond acceptors (Lipinski definition) is 3. The maximum atomic E-state index is 6.08. The van der Waals surface area contributed by atoms with Crippen LogP contribution in [0.3, 0.4) is 0 Å². The van der Waals surface area contributed by atoms with E-state index in [0.717, 1.165) is 25.0 Å². The van der Waals surface area contributed by atoms with Gasteiger partial charge in [0, 0.05) is 36.8 Å². The Kier molecular flexibility index (Phi) is 3.02. The van der Waals surface area contributed by atoms with Gasteiger partial charge in [0.05, 0.1) is 5.52 Å². The molecule has 1 aliphatic rings.